The summed E-state index contributed by atoms with van der Waals surface area (Å²) in [6.07, 6.45) is -2.84. The molecule has 0 saturated heterocycles. The first-order chi connectivity index (χ1) is 5.52. The molecule has 0 radical (unpaired) electrons. The molecule has 0 bridgehead atoms. The Morgan fingerprint density at radius 1 is 1.50 bits per heavy atom. The van der Waals surface area contributed by atoms with Crippen molar-refractivity contribution in [2.24, 2.45) is 0 Å². The molecule has 0 spiro atoms. The van der Waals surface area contributed by atoms with E-state index in [0.29, 0.717) is 0 Å². The number of anilines is 1. The number of halogens is 4. The quantitative estimate of drug-likeness (QED) is 0.767. The lowest BCUT2D eigenvalue weighted by atomic mass is 10.3. The van der Waals surface area contributed by atoms with Gasteiger partial charge in [-0.2, -0.15) is 4.39 Å². The number of hydrogen-bond acceptors (Lipinski definition) is 2. The van der Waals surface area contributed by atoms with E-state index in [2.05, 4.69) is 20.9 Å². The van der Waals surface area contributed by atoms with Crippen LogP contribution in [0.15, 0.2) is 10.5 Å². The predicted octanol–water partition coefficient (Wildman–Crippen LogP) is 2.50. The van der Waals surface area contributed by atoms with E-state index in [0.717, 1.165) is 6.07 Å². The van der Waals surface area contributed by atoms with Crippen molar-refractivity contribution in [1.29, 1.82) is 0 Å². The number of rotatable bonds is 1. The van der Waals surface area contributed by atoms with E-state index in [9.17, 15) is 13.2 Å². The van der Waals surface area contributed by atoms with Crippen molar-refractivity contribution in [1.82, 2.24) is 4.98 Å². The molecule has 0 aliphatic rings. The number of alkyl halides is 2. The average Bonchev–Trinajstić information content (AvgIpc) is 1.96. The summed E-state index contributed by atoms with van der Waals surface area (Å²) in [4.78, 5) is 2.99. The molecule has 0 amide bonds. The first-order valence-electron chi connectivity index (χ1n) is 2.92. The van der Waals surface area contributed by atoms with Crippen molar-refractivity contribution >= 4 is 21.6 Å². The summed E-state index contributed by atoms with van der Waals surface area (Å²) < 4.78 is 36.5. The Morgan fingerprint density at radius 2 is 2.08 bits per heavy atom. The Balaban J connectivity index is 3.28. The zero-order valence-corrected chi connectivity index (χ0v) is 7.28. The Bertz CT molecular complexity index is 303. The molecule has 6 heteroatoms. The Kier molecular flexibility index (Phi) is 2.56. The third kappa shape index (κ3) is 1.69. The summed E-state index contributed by atoms with van der Waals surface area (Å²) in [7, 11) is 0. The molecule has 1 aromatic rings. The van der Waals surface area contributed by atoms with Crippen LogP contribution in [0.25, 0.3) is 0 Å². The van der Waals surface area contributed by atoms with E-state index < -0.39 is 18.1 Å². The van der Waals surface area contributed by atoms with Gasteiger partial charge in [-0.3, -0.25) is 0 Å². The molecule has 0 fully saturated rings. The van der Waals surface area contributed by atoms with Gasteiger partial charge >= 0.3 is 0 Å². The van der Waals surface area contributed by atoms with Crippen LogP contribution in [0.1, 0.15) is 12.1 Å². The van der Waals surface area contributed by atoms with Gasteiger partial charge < -0.3 is 5.73 Å². The number of aromatic nitrogens is 1. The van der Waals surface area contributed by atoms with Crippen molar-refractivity contribution in [2.45, 2.75) is 6.43 Å². The molecule has 66 valence electrons. The highest BCUT2D eigenvalue weighted by molar-refractivity contribution is 9.10. The van der Waals surface area contributed by atoms with Gasteiger partial charge in [0, 0.05) is 6.07 Å². The molecule has 1 rings (SSSR count). The van der Waals surface area contributed by atoms with E-state index in [1.807, 2.05) is 0 Å². The second-order valence-electron chi connectivity index (χ2n) is 2.03. The van der Waals surface area contributed by atoms with E-state index in [1.54, 1.807) is 0 Å². The van der Waals surface area contributed by atoms with Gasteiger partial charge in [0.25, 0.3) is 6.43 Å². The fourth-order valence-electron chi connectivity index (χ4n) is 0.681. The van der Waals surface area contributed by atoms with Crippen molar-refractivity contribution in [2.75, 3.05) is 5.73 Å². The molecule has 0 aliphatic heterocycles. The normalized spacial score (nSPS) is 10.8. The Hall–Kier alpha value is -0.780. The minimum atomic E-state index is -2.84. The van der Waals surface area contributed by atoms with Crippen LogP contribution < -0.4 is 5.73 Å². The van der Waals surface area contributed by atoms with Crippen LogP contribution in [0.3, 0.4) is 0 Å². The topological polar surface area (TPSA) is 38.9 Å². The van der Waals surface area contributed by atoms with Gasteiger partial charge in [0.2, 0.25) is 5.95 Å². The van der Waals surface area contributed by atoms with Crippen LogP contribution in [0.5, 0.6) is 0 Å². The van der Waals surface area contributed by atoms with Gasteiger partial charge in [0.05, 0.1) is 10.2 Å². The zero-order chi connectivity index (χ0) is 9.30. The van der Waals surface area contributed by atoms with Gasteiger partial charge in [-0.05, 0) is 15.9 Å². The third-order valence-corrected chi connectivity index (χ3v) is 2.05. The van der Waals surface area contributed by atoms with Gasteiger partial charge in [-0.15, -0.1) is 0 Å². The van der Waals surface area contributed by atoms with Crippen molar-refractivity contribution in [3.05, 3.63) is 22.2 Å². The molecule has 12 heavy (non-hydrogen) atoms. The molecule has 1 aromatic heterocycles. The van der Waals surface area contributed by atoms with E-state index in [4.69, 9.17) is 5.73 Å². The Morgan fingerprint density at radius 3 is 2.58 bits per heavy atom. The molecular formula is C6H4BrF3N2. The summed E-state index contributed by atoms with van der Waals surface area (Å²) in [5.41, 5.74) is 4.44. The van der Waals surface area contributed by atoms with Gasteiger partial charge in [0.1, 0.15) is 5.69 Å². The number of nitrogens with zero attached hydrogens (tertiary/aromatic N) is 1. The second-order valence-corrected chi connectivity index (χ2v) is 2.83. The Labute approximate surface area is 74.7 Å². The lowest BCUT2D eigenvalue weighted by Gasteiger charge is -2.04. The number of hydrogen-bond donors (Lipinski definition) is 1. The maximum absolute atomic E-state index is 12.4. The van der Waals surface area contributed by atoms with Crippen molar-refractivity contribution in [3.63, 3.8) is 0 Å². The van der Waals surface area contributed by atoms with Crippen LogP contribution in [0.2, 0.25) is 0 Å². The number of pyridine rings is 1. The first kappa shape index (κ1) is 9.31. The third-order valence-electron chi connectivity index (χ3n) is 1.19. The fourth-order valence-corrected chi connectivity index (χ4v) is 1.06. The number of nitrogen functional groups attached to an aromatic ring is 1. The maximum Gasteiger partial charge on any atom is 0.281 e. The summed E-state index contributed by atoms with van der Waals surface area (Å²) in [5.74, 6) is -1.01. The summed E-state index contributed by atoms with van der Waals surface area (Å²) >= 11 is 2.78. The van der Waals surface area contributed by atoms with Crippen LogP contribution >= 0.6 is 15.9 Å². The molecular weight excluding hydrogens is 237 g/mol. The summed E-state index contributed by atoms with van der Waals surface area (Å²) in [5, 5.41) is 0. The van der Waals surface area contributed by atoms with Gasteiger partial charge in [-0.1, -0.05) is 0 Å². The molecule has 1 heterocycles. The highest BCUT2D eigenvalue weighted by Crippen LogP contribution is 2.30. The molecule has 0 atom stereocenters. The largest absolute Gasteiger partial charge is 0.398 e. The molecule has 0 aliphatic carbocycles. The highest BCUT2D eigenvalue weighted by Gasteiger charge is 2.16. The minimum absolute atomic E-state index is 0.0566. The summed E-state index contributed by atoms with van der Waals surface area (Å²) in [6.45, 7) is 0. The molecule has 0 aromatic carbocycles. The van der Waals surface area contributed by atoms with Crippen molar-refractivity contribution < 1.29 is 13.2 Å². The van der Waals surface area contributed by atoms with Crippen LogP contribution in [-0.4, -0.2) is 4.98 Å². The minimum Gasteiger partial charge on any atom is -0.398 e. The highest BCUT2D eigenvalue weighted by atomic mass is 79.9. The van der Waals surface area contributed by atoms with E-state index in [-0.39, 0.29) is 10.2 Å². The molecule has 2 N–H and O–H groups in total. The fraction of sp³-hybridized carbons (Fsp3) is 0.167. The monoisotopic (exact) mass is 240 g/mol. The van der Waals surface area contributed by atoms with Gasteiger partial charge in [0.15, 0.2) is 0 Å². The average molecular weight is 241 g/mol. The van der Waals surface area contributed by atoms with Crippen LogP contribution in [0.4, 0.5) is 18.9 Å². The predicted molar refractivity (Wildman–Crippen MR) is 41.3 cm³/mol. The smallest absolute Gasteiger partial charge is 0.281 e. The SMILES string of the molecule is Nc1cc(F)nc(C(F)F)c1Br. The summed E-state index contributed by atoms with van der Waals surface area (Å²) in [6, 6.07) is 0.871. The van der Waals surface area contributed by atoms with E-state index >= 15 is 0 Å². The lowest BCUT2D eigenvalue weighted by molar-refractivity contribution is 0.144. The molecule has 2 nitrogen and oxygen atoms in total. The van der Waals surface area contributed by atoms with E-state index in [1.165, 1.54) is 0 Å². The first-order valence-corrected chi connectivity index (χ1v) is 3.71. The number of nitrogens with two attached hydrogens (primary N) is 1. The molecule has 0 unspecified atom stereocenters. The zero-order valence-electron chi connectivity index (χ0n) is 5.69. The lowest BCUT2D eigenvalue weighted by Crippen LogP contribution is -1.99. The van der Waals surface area contributed by atoms with Crippen LogP contribution in [0, 0.1) is 5.95 Å². The van der Waals surface area contributed by atoms with Crippen LogP contribution in [-0.2, 0) is 0 Å². The second kappa shape index (κ2) is 3.30. The molecule has 0 saturated carbocycles. The van der Waals surface area contributed by atoms with Gasteiger partial charge in [-0.25, -0.2) is 13.8 Å². The standard InChI is InChI=1S/C6H4BrF3N2/c7-4-2(11)1-3(8)12-5(4)6(9)10/h1,6H,(H2,11,12). The maximum atomic E-state index is 12.4. The van der Waals surface area contributed by atoms with Crippen molar-refractivity contribution in [3.8, 4) is 0 Å².